The van der Waals surface area contributed by atoms with E-state index in [-0.39, 0.29) is 65.0 Å². The molecule has 5 aliphatic rings. The predicted octanol–water partition coefficient (Wildman–Crippen LogP) is 10.1. The summed E-state index contributed by atoms with van der Waals surface area (Å²) in [4.78, 5) is 2.28. The number of hydrogen-bond donors (Lipinski definition) is 6. The average molecular weight is 1490 g/mol. The predicted molar refractivity (Wildman–Crippen MR) is 370 cm³/mol. The van der Waals surface area contributed by atoms with E-state index in [0.29, 0.717) is 53.5 Å². The molecule has 0 saturated carbocycles. The molecule has 0 aromatic heterocycles. The second kappa shape index (κ2) is 34.9. The molecule has 96 heavy (non-hydrogen) atoms. The number of hydrogen-bond acceptors (Lipinski definition) is 17. The number of nitrogens with zero attached hydrogens (tertiary/aromatic N) is 3. The van der Waals surface area contributed by atoms with Crippen LogP contribution in [0.25, 0.3) is 0 Å². The third-order valence-corrected chi connectivity index (χ3v) is 21.7. The van der Waals surface area contributed by atoms with Crippen molar-refractivity contribution < 1.29 is 118 Å². The van der Waals surface area contributed by atoms with Crippen LogP contribution in [0.4, 0.5) is 22.7 Å². The number of allylic oxidation sites excluding steroid dienone is 12. The first kappa shape index (κ1) is 81.7. The van der Waals surface area contributed by atoms with E-state index in [1.165, 1.54) is 23.4 Å². The zero-order valence-corrected chi connectivity index (χ0v) is 62.9. The molecule has 0 bridgehead atoms. The van der Waals surface area contributed by atoms with Gasteiger partial charge in [-0.15, -0.1) is 23.0 Å². The molecule has 4 aromatic carbocycles. The standard InChI is InChI=1S/C36H43ClN2O12S4.C15H16ClN.C14H19NO3S.Na.O3S/c1-35(2)28-22-26(52-51-50-40)12-14-30(28)38(18-6-20-53(41,42)43)32(35)16-10-24-8-5-9-25(34(24)37)11-17-33-36(3,4)29-23-27(55(47,48)49)13-15-31(29)39(33)19-7-21-54(44,45)46;1-2-12-7-6-8-13(15(12)16)11-17-14-9-4-3-5-10-14;1-11-14(2,3)12-7-4-5-8-13(12)15(11)9-6-10-19(16,17)18;;1-4(2)3/h10-17,22-23H,5-9,18-21H2,1-4H3,(H3-,40,41,42,43,44,45,46,47,48,49);2-5,9-11,17H,1,6-8H2;5,7-8H,6,9-10H2,1-3H3,(H,16,17,18);;/q;;;+1;/p+1/b;13-11+;;;. The molecule has 9 rings (SSSR count). The van der Waals surface area contributed by atoms with Crippen molar-refractivity contribution in [3.8, 4) is 0 Å². The van der Waals surface area contributed by atoms with Gasteiger partial charge in [0.05, 0.1) is 39.6 Å². The van der Waals surface area contributed by atoms with Crippen LogP contribution < -0.4 is 39.8 Å². The van der Waals surface area contributed by atoms with Crippen molar-refractivity contribution in [1.82, 2.24) is 0 Å². The van der Waals surface area contributed by atoms with Crippen molar-refractivity contribution in [3.63, 3.8) is 0 Å². The van der Waals surface area contributed by atoms with Crippen LogP contribution in [-0.4, -0.2) is 127 Å². The van der Waals surface area contributed by atoms with Gasteiger partial charge in [0, 0.05) is 93.1 Å². The van der Waals surface area contributed by atoms with Crippen molar-refractivity contribution in [2.45, 2.75) is 132 Å². The van der Waals surface area contributed by atoms with Crippen LogP contribution in [0, 0.1) is 6.07 Å². The zero-order valence-electron chi connectivity index (χ0n) is 54.5. The second-order valence-corrected chi connectivity index (χ2v) is 32.3. The van der Waals surface area contributed by atoms with Crippen molar-refractivity contribution >= 4 is 120 Å². The summed E-state index contributed by atoms with van der Waals surface area (Å²) in [6, 6.07) is 28.8. The number of fused-ring (bicyclic) bond motifs is 3. The first-order valence-electron chi connectivity index (χ1n) is 29.9. The Morgan fingerprint density at radius 3 is 1.85 bits per heavy atom. The Hall–Kier alpha value is -4.93. The minimum Gasteiger partial charge on any atom is -0.361 e. The maximum absolute atomic E-state index is 12.0. The molecular formula is C65H79Cl2N4NaO18S6+2. The summed E-state index contributed by atoms with van der Waals surface area (Å²) in [6.45, 7) is 19.1. The SMILES string of the molecule is C=CC1=C(Cl)/C(=C/Nc2ccccc2)CCC1.CC1(C)C(/C=C/C2=C(Cl)C(=C/C=C3\N(CCCS(=O)(=O)O)c4ccc(S(=O)(=O)O)cc4C3(C)C)/CCC2)=[N+](CCCS(=O)(=O)O)c2ccc(SOOO)cc21.CC1=[N+](CCCS(=O)(=O)O)c2cc[c-]cc2C1(C)C.O=S(=O)=O.[Na+]. The number of benzene rings is 4. The van der Waals surface area contributed by atoms with E-state index in [1.54, 1.807) is 12.1 Å². The van der Waals surface area contributed by atoms with Crippen LogP contribution in [0.15, 0.2) is 176 Å². The number of nitrogens with one attached hydrogen (secondary N) is 1. The Labute approximate surface area is 601 Å². The fourth-order valence-electron chi connectivity index (χ4n) is 11.9. The van der Waals surface area contributed by atoms with E-state index >= 15 is 0 Å². The summed E-state index contributed by atoms with van der Waals surface area (Å²) in [5.41, 5.74) is 11.8. The summed E-state index contributed by atoms with van der Waals surface area (Å²) >= 11 is 14.2. The summed E-state index contributed by atoms with van der Waals surface area (Å²) in [5.74, 6) is -1.08. The minimum absolute atomic E-state index is 0. The van der Waals surface area contributed by atoms with Gasteiger partial charge in [-0.25, -0.2) is 9.83 Å². The Kier molecular flexibility index (Phi) is 29.7. The van der Waals surface area contributed by atoms with Gasteiger partial charge in [0.2, 0.25) is 5.69 Å². The normalized spacial score (nSPS) is 18.4. The van der Waals surface area contributed by atoms with Gasteiger partial charge < -0.3 is 10.2 Å². The van der Waals surface area contributed by atoms with Crippen LogP contribution in [0.1, 0.15) is 123 Å². The van der Waals surface area contributed by atoms with E-state index in [2.05, 4.69) is 52.7 Å². The zero-order chi connectivity index (χ0) is 70.5. The second-order valence-electron chi connectivity index (χ2n) is 24.3. The average Bonchev–Trinajstić information content (AvgIpc) is 1.60. The van der Waals surface area contributed by atoms with Crippen molar-refractivity contribution in [1.29, 1.82) is 0 Å². The van der Waals surface area contributed by atoms with Crippen LogP contribution in [0.2, 0.25) is 0 Å². The summed E-state index contributed by atoms with van der Waals surface area (Å²) in [7, 11) is -19.9. The maximum Gasteiger partial charge on any atom is 1.00 e. The smallest absolute Gasteiger partial charge is 0.361 e. The molecule has 2 aliphatic carbocycles. The van der Waals surface area contributed by atoms with Crippen LogP contribution in [0.5, 0.6) is 0 Å². The third kappa shape index (κ3) is 22.3. The molecule has 3 aliphatic heterocycles. The van der Waals surface area contributed by atoms with E-state index in [1.807, 2.05) is 134 Å². The quantitative estimate of drug-likeness (QED) is 0.00810. The van der Waals surface area contributed by atoms with E-state index in [0.717, 1.165) is 99.1 Å². The van der Waals surface area contributed by atoms with Crippen molar-refractivity contribution in [2.24, 2.45) is 0 Å². The van der Waals surface area contributed by atoms with Gasteiger partial charge in [0.25, 0.3) is 40.5 Å². The van der Waals surface area contributed by atoms with E-state index < -0.39 is 73.4 Å². The number of anilines is 2. The van der Waals surface area contributed by atoms with Gasteiger partial charge >= 0.3 is 40.2 Å². The maximum atomic E-state index is 12.0. The van der Waals surface area contributed by atoms with E-state index in [9.17, 15) is 47.3 Å². The summed E-state index contributed by atoms with van der Waals surface area (Å²) < 4.78 is 163. The minimum atomic E-state index is -4.49. The van der Waals surface area contributed by atoms with Gasteiger partial charge in [-0.2, -0.15) is 56.4 Å². The molecular weight excluding hydrogens is 1410 g/mol. The van der Waals surface area contributed by atoms with Gasteiger partial charge in [0.1, 0.15) is 18.8 Å². The molecule has 0 spiro atoms. The topological polar surface area (TPSA) is 329 Å². The molecule has 4 aromatic rings. The molecule has 6 N–H and O–H groups in total. The molecule has 516 valence electrons. The number of halogens is 2. The Balaban J connectivity index is 0.000000327. The van der Waals surface area contributed by atoms with Crippen molar-refractivity contribution in [3.05, 3.63) is 189 Å². The Morgan fingerprint density at radius 2 is 1.26 bits per heavy atom. The number of para-hydroxylation sites is 1. The fourth-order valence-corrected chi connectivity index (χ4v) is 14.9. The fraction of sp³-hybridized carbons (Fsp3) is 0.385. The largest absolute Gasteiger partial charge is 1.00 e. The molecule has 0 fully saturated rings. The Bertz CT molecular complexity index is 4410. The van der Waals surface area contributed by atoms with E-state index in [4.69, 9.17) is 45.6 Å². The Morgan fingerprint density at radius 1 is 0.688 bits per heavy atom. The summed E-state index contributed by atoms with van der Waals surface area (Å²) in [6.07, 6.45) is 17.6. The van der Waals surface area contributed by atoms with Gasteiger partial charge in [-0.1, -0.05) is 105 Å². The molecule has 31 heteroatoms. The number of rotatable bonds is 22. The van der Waals surface area contributed by atoms with Gasteiger partial charge in [-0.3, -0.25) is 18.2 Å². The first-order valence-corrected chi connectivity index (χ1v) is 38.7. The van der Waals surface area contributed by atoms with Crippen LogP contribution in [-0.2, 0) is 76.7 Å². The molecule has 22 nitrogen and oxygen atoms in total. The van der Waals surface area contributed by atoms with Crippen LogP contribution in [0.3, 0.4) is 0 Å². The third-order valence-electron chi connectivity index (χ3n) is 16.9. The molecule has 3 heterocycles. The molecule has 0 amide bonds. The first-order chi connectivity index (χ1) is 44.3. The summed E-state index contributed by atoms with van der Waals surface area (Å²) in [5, 5.41) is 17.1. The van der Waals surface area contributed by atoms with Crippen molar-refractivity contribution in [2.75, 3.05) is 47.1 Å². The molecule has 0 saturated heterocycles. The molecule has 0 radical (unpaired) electrons. The van der Waals surface area contributed by atoms with Crippen LogP contribution >= 0.6 is 35.2 Å². The monoisotopic (exact) mass is 1490 g/mol. The molecule has 0 unspecified atom stereocenters. The molecule has 0 atom stereocenters. The van der Waals surface area contributed by atoms with Gasteiger partial charge in [0.15, 0.2) is 11.4 Å². The van der Waals surface area contributed by atoms with Gasteiger partial charge in [-0.05, 0) is 135 Å².